The predicted octanol–water partition coefficient (Wildman–Crippen LogP) is 0.260. The van der Waals surface area contributed by atoms with Crippen LogP contribution in [-0.4, -0.2) is 25.2 Å². The van der Waals surface area contributed by atoms with Crippen LogP contribution >= 0.6 is 0 Å². The Balaban J connectivity index is 3.72. The van der Waals surface area contributed by atoms with Crippen LogP contribution in [0, 0.1) is 5.92 Å². The van der Waals surface area contributed by atoms with Crippen molar-refractivity contribution in [1.29, 1.82) is 0 Å². The third-order valence-corrected chi connectivity index (χ3v) is 1.26. The second-order valence-electron chi connectivity index (χ2n) is 2.47. The van der Waals surface area contributed by atoms with E-state index in [2.05, 4.69) is 0 Å². The Morgan fingerprint density at radius 3 is 2.42 bits per heavy atom. The van der Waals surface area contributed by atoms with Crippen LogP contribution in [0.1, 0.15) is 6.92 Å². The first-order valence-electron chi connectivity index (χ1n) is 3.41. The Morgan fingerprint density at radius 1 is 1.58 bits per heavy atom. The third-order valence-electron chi connectivity index (χ3n) is 1.26. The largest absolute Gasteiger partial charge is 0.405 e. The minimum absolute atomic E-state index is 0.0453. The summed E-state index contributed by atoms with van der Waals surface area (Å²) in [7, 11) is 0. The van der Waals surface area contributed by atoms with E-state index in [1.807, 2.05) is 0 Å². The van der Waals surface area contributed by atoms with Gasteiger partial charge in [0, 0.05) is 12.5 Å². The molecular weight excluding hydrogens is 173 g/mol. The fraction of sp³-hybridized carbons (Fsp3) is 0.833. The van der Waals surface area contributed by atoms with E-state index in [0.717, 1.165) is 0 Å². The van der Waals surface area contributed by atoms with Gasteiger partial charge in [0.15, 0.2) is 0 Å². The van der Waals surface area contributed by atoms with Crippen LogP contribution in [0.4, 0.5) is 13.2 Å². The maximum Gasteiger partial charge on any atom is 0.405 e. The number of rotatable bonds is 3. The van der Waals surface area contributed by atoms with Gasteiger partial charge in [0.1, 0.15) is 6.54 Å². The molecule has 0 aliphatic carbocycles. The number of halogens is 3. The summed E-state index contributed by atoms with van der Waals surface area (Å²) in [6, 6.07) is 0. The molecule has 0 aliphatic heterocycles. The molecule has 0 spiro atoms. The maximum atomic E-state index is 11.5. The maximum absolute atomic E-state index is 11.5. The standard InChI is InChI=1S/C6H11F3N2O/c1-4(2-10)5(12)11-3-6(7,8)9/h4H,2-3,10H2,1H3,(H,11,12). The minimum Gasteiger partial charge on any atom is -0.347 e. The lowest BCUT2D eigenvalue weighted by Gasteiger charge is -2.11. The number of hydrogen-bond acceptors (Lipinski definition) is 2. The number of nitrogens with one attached hydrogen (secondary N) is 1. The minimum atomic E-state index is -4.36. The van der Waals surface area contributed by atoms with Crippen molar-refractivity contribution in [3.05, 3.63) is 0 Å². The molecule has 1 unspecified atom stereocenters. The Morgan fingerprint density at radius 2 is 2.08 bits per heavy atom. The monoisotopic (exact) mass is 184 g/mol. The van der Waals surface area contributed by atoms with Crippen molar-refractivity contribution in [3.8, 4) is 0 Å². The molecule has 0 saturated carbocycles. The van der Waals surface area contributed by atoms with Gasteiger partial charge in [-0.2, -0.15) is 13.2 Å². The second-order valence-corrected chi connectivity index (χ2v) is 2.47. The van der Waals surface area contributed by atoms with Crippen LogP contribution < -0.4 is 11.1 Å². The molecule has 0 fully saturated rings. The van der Waals surface area contributed by atoms with E-state index in [1.165, 1.54) is 6.92 Å². The quantitative estimate of drug-likeness (QED) is 0.661. The van der Waals surface area contributed by atoms with Gasteiger partial charge in [-0.3, -0.25) is 4.79 Å². The summed E-state index contributed by atoms with van der Waals surface area (Å²) in [5.74, 6) is -1.25. The van der Waals surface area contributed by atoms with E-state index in [9.17, 15) is 18.0 Å². The van der Waals surface area contributed by atoms with Gasteiger partial charge < -0.3 is 11.1 Å². The predicted molar refractivity (Wildman–Crippen MR) is 37.3 cm³/mol. The molecule has 0 saturated heterocycles. The van der Waals surface area contributed by atoms with E-state index in [4.69, 9.17) is 5.73 Å². The Labute approximate surface area is 68.1 Å². The van der Waals surface area contributed by atoms with Crippen molar-refractivity contribution in [3.63, 3.8) is 0 Å². The number of nitrogens with two attached hydrogens (primary N) is 1. The summed E-state index contributed by atoms with van der Waals surface area (Å²) in [4.78, 5) is 10.7. The second kappa shape index (κ2) is 4.30. The van der Waals surface area contributed by atoms with Crippen LogP contribution in [-0.2, 0) is 4.79 Å². The lowest BCUT2D eigenvalue weighted by atomic mass is 10.2. The summed E-state index contributed by atoms with van der Waals surface area (Å²) in [6.45, 7) is 0.214. The highest BCUT2D eigenvalue weighted by molar-refractivity contribution is 5.78. The van der Waals surface area contributed by atoms with Crippen LogP contribution in [0.15, 0.2) is 0 Å². The van der Waals surface area contributed by atoms with Crippen LogP contribution in [0.3, 0.4) is 0 Å². The molecule has 0 heterocycles. The first-order valence-corrected chi connectivity index (χ1v) is 3.41. The number of hydrogen-bond donors (Lipinski definition) is 2. The average Bonchev–Trinajstić information content (AvgIpc) is 1.97. The highest BCUT2D eigenvalue weighted by Gasteiger charge is 2.28. The van der Waals surface area contributed by atoms with E-state index >= 15 is 0 Å². The Bertz CT molecular complexity index is 157. The van der Waals surface area contributed by atoms with E-state index in [1.54, 1.807) is 5.32 Å². The van der Waals surface area contributed by atoms with Crippen molar-refractivity contribution < 1.29 is 18.0 Å². The molecular formula is C6H11F3N2O. The zero-order valence-electron chi connectivity index (χ0n) is 6.61. The van der Waals surface area contributed by atoms with Crippen LogP contribution in [0.25, 0.3) is 0 Å². The van der Waals surface area contributed by atoms with Crippen molar-refractivity contribution in [2.75, 3.05) is 13.1 Å². The Hall–Kier alpha value is -0.780. The fourth-order valence-electron chi connectivity index (χ4n) is 0.469. The van der Waals surface area contributed by atoms with Crippen molar-refractivity contribution in [1.82, 2.24) is 5.32 Å². The molecule has 0 radical (unpaired) electrons. The first-order chi connectivity index (χ1) is 5.37. The smallest absolute Gasteiger partial charge is 0.347 e. The summed E-state index contributed by atoms with van der Waals surface area (Å²) >= 11 is 0. The molecule has 3 N–H and O–H groups in total. The van der Waals surface area contributed by atoms with Gasteiger partial charge >= 0.3 is 6.18 Å². The molecule has 0 bridgehead atoms. The molecule has 0 rings (SSSR count). The highest BCUT2D eigenvalue weighted by Crippen LogP contribution is 2.12. The highest BCUT2D eigenvalue weighted by atomic mass is 19.4. The summed E-state index contributed by atoms with van der Waals surface area (Å²) in [6.07, 6.45) is -4.36. The molecule has 1 atom stereocenters. The lowest BCUT2D eigenvalue weighted by Crippen LogP contribution is -2.38. The number of amides is 1. The normalized spacial score (nSPS) is 14.1. The topological polar surface area (TPSA) is 55.1 Å². The SMILES string of the molecule is CC(CN)C(=O)NCC(F)(F)F. The van der Waals surface area contributed by atoms with Gasteiger partial charge in [-0.05, 0) is 0 Å². The van der Waals surface area contributed by atoms with E-state index < -0.39 is 24.5 Å². The molecule has 0 aromatic carbocycles. The van der Waals surface area contributed by atoms with Gasteiger partial charge in [-0.25, -0.2) is 0 Å². The summed E-state index contributed by atoms with van der Waals surface area (Å²) in [5, 5.41) is 1.73. The zero-order chi connectivity index (χ0) is 9.78. The van der Waals surface area contributed by atoms with E-state index in [0.29, 0.717) is 0 Å². The van der Waals surface area contributed by atoms with E-state index in [-0.39, 0.29) is 6.54 Å². The summed E-state index contributed by atoms with van der Waals surface area (Å²) in [5.41, 5.74) is 5.07. The Kier molecular flexibility index (Phi) is 4.02. The van der Waals surface area contributed by atoms with Gasteiger partial charge in [0.2, 0.25) is 5.91 Å². The lowest BCUT2D eigenvalue weighted by molar-refractivity contribution is -0.140. The molecule has 0 aromatic rings. The number of carbonyl (C=O) groups is 1. The molecule has 12 heavy (non-hydrogen) atoms. The number of carbonyl (C=O) groups excluding carboxylic acids is 1. The van der Waals surface area contributed by atoms with Crippen molar-refractivity contribution in [2.24, 2.45) is 11.7 Å². The van der Waals surface area contributed by atoms with Gasteiger partial charge in [0.05, 0.1) is 0 Å². The molecule has 3 nitrogen and oxygen atoms in total. The molecule has 0 aromatic heterocycles. The molecule has 72 valence electrons. The average molecular weight is 184 g/mol. The van der Waals surface area contributed by atoms with Crippen LogP contribution in [0.2, 0.25) is 0 Å². The van der Waals surface area contributed by atoms with Gasteiger partial charge in [-0.1, -0.05) is 6.92 Å². The zero-order valence-corrected chi connectivity index (χ0v) is 6.61. The van der Waals surface area contributed by atoms with Gasteiger partial charge in [0.25, 0.3) is 0 Å². The van der Waals surface area contributed by atoms with Crippen LogP contribution in [0.5, 0.6) is 0 Å². The van der Waals surface area contributed by atoms with Crippen molar-refractivity contribution >= 4 is 5.91 Å². The third kappa shape index (κ3) is 4.95. The van der Waals surface area contributed by atoms with Gasteiger partial charge in [-0.15, -0.1) is 0 Å². The first kappa shape index (κ1) is 11.2. The molecule has 6 heteroatoms. The summed E-state index contributed by atoms with van der Waals surface area (Å²) < 4.78 is 34.6. The molecule has 1 amide bonds. The fourth-order valence-corrected chi connectivity index (χ4v) is 0.469. The number of alkyl halides is 3. The molecule has 0 aliphatic rings. The van der Waals surface area contributed by atoms with Crippen molar-refractivity contribution in [2.45, 2.75) is 13.1 Å².